The summed E-state index contributed by atoms with van der Waals surface area (Å²) in [5.74, 6) is 0.113. The molecule has 1 aromatic rings. The van der Waals surface area contributed by atoms with Crippen molar-refractivity contribution in [1.82, 2.24) is 0 Å². The van der Waals surface area contributed by atoms with Crippen LogP contribution in [0.2, 0.25) is 0 Å². The van der Waals surface area contributed by atoms with Crippen LogP contribution in [0.1, 0.15) is 32.3 Å². The number of hydrogen-bond acceptors (Lipinski definition) is 4. The van der Waals surface area contributed by atoms with E-state index in [1.54, 1.807) is 11.8 Å². The maximum atomic E-state index is 12.1. The summed E-state index contributed by atoms with van der Waals surface area (Å²) < 4.78 is 0. The Balaban J connectivity index is 2.25. The topological polar surface area (TPSA) is 49.7 Å². The third-order valence-corrected chi connectivity index (χ3v) is 4.52. The quantitative estimate of drug-likeness (QED) is 0.654. The Labute approximate surface area is 130 Å². The predicted molar refractivity (Wildman–Crippen MR) is 88.8 cm³/mol. The van der Waals surface area contributed by atoms with E-state index >= 15 is 0 Å². The van der Waals surface area contributed by atoms with Crippen LogP contribution in [0.3, 0.4) is 0 Å². The minimum Gasteiger partial charge on any atom is -0.511 e. The number of thioether (sulfide) groups is 1. The molecular formula is C17H21NO2S. The molecule has 0 spiro atoms. The van der Waals surface area contributed by atoms with E-state index in [2.05, 4.69) is 4.99 Å². The largest absolute Gasteiger partial charge is 0.511 e. The standard InChI is InChI=1S/C17H21NO2S/c1-11-7-12(5-6-16(11)21-4)18-10-13-14(19)8-17(2,3)9-15(13)20/h5-7,10,19H,8-9H2,1-4H3. The number of hydrogen-bond donors (Lipinski definition) is 1. The van der Waals surface area contributed by atoms with Gasteiger partial charge in [0, 0.05) is 24.0 Å². The Morgan fingerprint density at radius 2 is 2.05 bits per heavy atom. The Morgan fingerprint density at radius 3 is 2.62 bits per heavy atom. The van der Waals surface area contributed by atoms with Crippen molar-refractivity contribution in [2.75, 3.05) is 6.26 Å². The normalized spacial score (nSPS) is 18.6. The molecule has 0 aliphatic heterocycles. The van der Waals surface area contributed by atoms with Crippen molar-refractivity contribution in [2.45, 2.75) is 38.5 Å². The van der Waals surface area contributed by atoms with Gasteiger partial charge in [-0.2, -0.15) is 0 Å². The molecule has 0 saturated carbocycles. The molecule has 1 N–H and O–H groups in total. The van der Waals surface area contributed by atoms with E-state index < -0.39 is 0 Å². The van der Waals surface area contributed by atoms with E-state index in [0.29, 0.717) is 18.4 Å². The molecule has 0 bridgehead atoms. The summed E-state index contributed by atoms with van der Waals surface area (Å²) in [6.45, 7) is 6.01. The molecule has 1 aliphatic carbocycles. The second-order valence-electron chi connectivity index (χ2n) is 6.21. The molecule has 1 aromatic carbocycles. The van der Waals surface area contributed by atoms with Crippen LogP contribution in [-0.2, 0) is 4.79 Å². The van der Waals surface area contributed by atoms with Gasteiger partial charge in [-0.05, 0) is 42.4 Å². The SMILES string of the molecule is CSc1ccc(N=CC2=C(O)CC(C)(C)CC2=O)cc1C. The highest BCUT2D eigenvalue weighted by atomic mass is 32.2. The van der Waals surface area contributed by atoms with Crippen LogP contribution in [0.5, 0.6) is 0 Å². The van der Waals surface area contributed by atoms with Gasteiger partial charge in [0.2, 0.25) is 0 Å². The summed E-state index contributed by atoms with van der Waals surface area (Å²) in [4.78, 5) is 17.7. The molecule has 0 amide bonds. The summed E-state index contributed by atoms with van der Waals surface area (Å²) in [5, 5.41) is 10.1. The number of carbonyl (C=O) groups excluding carboxylic acids is 1. The molecule has 2 rings (SSSR count). The van der Waals surface area contributed by atoms with Gasteiger partial charge >= 0.3 is 0 Å². The molecule has 0 aromatic heterocycles. The van der Waals surface area contributed by atoms with Gasteiger partial charge in [-0.1, -0.05) is 13.8 Å². The number of aliphatic hydroxyl groups excluding tert-OH is 1. The van der Waals surface area contributed by atoms with Crippen molar-refractivity contribution >= 4 is 29.4 Å². The van der Waals surface area contributed by atoms with Crippen LogP contribution in [0.15, 0.2) is 39.4 Å². The minimum atomic E-state index is -0.172. The highest BCUT2D eigenvalue weighted by molar-refractivity contribution is 7.98. The number of aliphatic imine (C=N–C) groups is 1. The van der Waals surface area contributed by atoms with Gasteiger partial charge in [0.05, 0.1) is 11.3 Å². The number of aryl methyl sites for hydroxylation is 1. The first-order valence-corrected chi connectivity index (χ1v) is 8.19. The summed E-state index contributed by atoms with van der Waals surface area (Å²) >= 11 is 1.70. The number of nitrogens with zero attached hydrogens (tertiary/aromatic N) is 1. The number of ketones is 1. The van der Waals surface area contributed by atoms with Gasteiger partial charge in [0.15, 0.2) is 5.78 Å². The van der Waals surface area contributed by atoms with Gasteiger partial charge in [0.1, 0.15) is 5.76 Å². The smallest absolute Gasteiger partial charge is 0.168 e. The van der Waals surface area contributed by atoms with Crippen LogP contribution in [0.4, 0.5) is 5.69 Å². The number of allylic oxidation sites excluding steroid dienone is 2. The predicted octanol–water partition coefficient (Wildman–Crippen LogP) is 4.62. The highest BCUT2D eigenvalue weighted by Gasteiger charge is 2.32. The molecule has 0 fully saturated rings. The average molecular weight is 303 g/mol. The second kappa shape index (κ2) is 6.06. The summed E-state index contributed by atoms with van der Waals surface area (Å²) in [6, 6.07) is 5.92. The molecule has 1 aliphatic rings. The van der Waals surface area contributed by atoms with Crippen LogP contribution in [0, 0.1) is 12.3 Å². The first-order valence-electron chi connectivity index (χ1n) is 6.96. The van der Waals surface area contributed by atoms with Crippen molar-refractivity contribution in [2.24, 2.45) is 10.4 Å². The number of aliphatic hydroxyl groups is 1. The molecule has 4 heteroatoms. The van der Waals surface area contributed by atoms with Crippen molar-refractivity contribution in [3.05, 3.63) is 35.1 Å². The third kappa shape index (κ3) is 3.76. The van der Waals surface area contributed by atoms with E-state index in [1.807, 2.05) is 45.2 Å². The van der Waals surface area contributed by atoms with Gasteiger partial charge < -0.3 is 5.11 Å². The molecule has 0 saturated heterocycles. The van der Waals surface area contributed by atoms with Gasteiger partial charge in [-0.25, -0.2) is 0 Å². The fraction of sp³-hybridized carbons (Fsp3) is 0.412. The van der Waals surface area contributed by atoms with Gasteiger partial charge in [-0.15, -0.1) is 11.8 Å². The lowest BCUT2D eigenvalue weighted by molar-refractivity contribution is -0.117. The zero-order chi connectivity index (χ0) is 15.6. The van der Waals surface area contributed by atoms with Crippen molar-refractivity contribution in [3.8, 4) is 0 Å². The minimum absolute atomic E-state index is 0.0371. The van der Waals surface area contributed by atoms with Gasteiger partial charge in [0.25, 0.3) is 0 Å². The Morgan fingerprint density at radius 1 is 1.33 bits per heavy atom. The maximum Gasteiger partial charge on any atom is 0.168 e. The summed E-state index contributed by atoms with van der Waals surface area (Å²) in [5.41, 5.74) is 2.13. The van der Waals surface area contributed by atoms with Crippen molar-refractivity contribution < 1.29 is 9.90 Å². The fourth-order valence-corrected chi connectivity index (χ4v) is 3.12. The highest BCUT2D eigenvalue weighted by Crippen LogP contribution is 2.35. The van der Waals surface area contributed by atoms with Crippen LogP contribution in [0.25, 0.3) is 0 Å². The van der Waals surface area contributed by atoms with Gasteiger partial charge in [-0.3, -0.25) is 9.79 Å². The molecular weight excluding hydrogens is 282 g/mol. The summed E-state index contributed by atoms with van der Waals surface area (Å²) in [6.07, 6.45) is 4.50. The van der Waals surface area contributed by atoms with Crippen molar-refractivity contribution in [3.63, 3.8) is 0 Å². The van der Waals surface area contributed by atoms with Crippen LogP contribution >= 0.6 is 11.8 Å². The van der Waals surface area contributed by atoms with E-state index in [-0.39, 0.29) is 17.0 Å². The Kier molecular flexibility index (Phi) is 4.57. The van der Waals surface area contributed by atoms with E-state index in [1.165, 1.54) is 11.1 Å². The monoisotopic (exact) mass is 303 g/mol. The Bertz CT molecular complexity index is 630. The van der Waals surface area contributed by atoms with Crippen LogP contribution in [-0.4, -0.2) is 23.4 Å². The lowest BCUT2D eigenvalue weighted by Crippen LogP contribution is -2.26. The first kappa shape index (κ1) is 15.8. The number of rotatable bonds is 3. The zero-order valence-electron chi connectivity index (χ0n) is 12.9. The molecule has 0 atom stereocenters. The lowest BCUT2D eigenvalue weighted by atomic mass is 9.77. The number of Topliss-reactive ketones (excluding diaryl/α,β-unsaturated/α-hetero) is 1. The second-order valence-corrected chi connectivity index (χ2v) is 7.06. The van der Waals surface area contributed by atoms with Crippen molar-refractivity contribution in [1.29, 1.82) is 0 Å². The van der Waals surface area contributed by atoms with E-state index in [0.717, 1.165) is 11.3 Å². The summed E-state index contributed by atoms with van der Waals surface area (Å²) in [7, 11) is 0. The number of carbonyl (C=O) groups is 1. The fourth-order valence-electron chi connectivity index (χ4n) is 2.53. The molecule has 21 heavy (non-hydrogen) atoms. The first-order chi connectivity index (χ1) is 9.82. The molecule has 0 heterocycles. The van der Waals surface area contributed by atoms with Crippen LogP contribution < -0.4 is 0 Å². The Hall–Kier alpha value is -1.55. The lowest BCUT2D eigenvalue weighted by Gasteiger charge is -2.28. The molecule has 3 nitrogen and oxygen atoms in total. The maximum absolute atomic E-state index is 12.1. The van der Waals surface area contributed by atoms with E-state index in [4.69, 9.17) is 0 Å². The number of benzene rings is 1. The third-order valence-electron chi connectivity index (χ3n) is 3.62. The zero-order valence-corrected chi connectivity index (χ0v) is 13.8. The molecule has 112 valence electrons. The molecule has 0 radical (unpaired) electrons. The molecule has 0 unspecified atom stereocenters. The van der Waals surface area contributed by atoms with E-state index in [9.17, 15) is 9.90 Å². The average Bonchev–Trinajstić information content (AvgIpc) is 2.36.